The van der Waals surface area contributed by atoms with Gasteiger partial charge in [-0.15, -0.1) is 0 Å². The van der Waals surface area contributed by atoms with Gasteiger partial charge in [0.25, 0.3) is 0 Å². The van der Waals surface area contributed by atoms with Crippen molar-refractivity contribution in [3.8, 4) is 0 Å². The molecule has 2 rings (SSSR count). The van der Waals surface area contributed by atoms with Crippen LogP contribution in [0.2, 0.25) is 0 Å². The number of hydrogen-bond donors (Lipinski definition) is 1. The van der Waals surface area contributed by atoms with Gasteiger partial charge in [-0.3, -0.25) is 9.69 Å². The number of hydrogen-bond acceptors (Lipinski definition) is 3. The lowest BCUT2D eigenvalue weighted by Crippen LogP contribution is -2.49. The number of piperazine rings is 1. The molecule has 0 aromatic rings. The molecule has 0 unspecified atom stereocenters. The molecule has 1 heterocycles. The molecule has 86 valence electrons. The molecule has 1 aliphatic carbocycles. The number of nitrogens with one attached hydrogen (secondary N) is 1. The van der Waals surface area contributed by atoms with Crippen molar-refractivity contribution in [3.05, 3.63) is 0 Å². The summed E-state index contributed by atoms with van der Waals surface area (Å²) in [5.74, 6) is 0.310. The molecule has 2 fully saturated rings. The van der Waals surface area contributed by atoms with Crippen LogP contribution in [0.3, 0.4) is 0 Å². The maximum absolute atomic E-state index is 12.0. The Morgan fingerprint density at radius 2 is 2.07 bits per heavy atom. The van der Waals surface area contributed by atoms with Gasteiger partial charge in [0.15, 0.2) is 0 Å². The minimum absolute atomic E-state index is 0.310. The largest absolute Gasteiger partial charge is 0.339 e. The van der Waals surface area contributed by atoms with Gasteiger partial charge < -0.3 is 10.2 Å². The lowest BCUT2D eigenvalue weighted by atomic mass is 10.3. The van der Waals surface area contributed by atoms with E-state index in [1.54, 1.807) is 0 Å². The van der Waals surface area contributed by atoms with Gasteiger partial charge in [0.2, 0.25) is 5.91 Å². The minimum atomic E-state index is 0.310. The molecule has 1 amide bonds. The molecule has 1 saturated heterocycles. The Balaban J connectivity index is 1.78. The summed E-state index contributed by atoms with van der Waals surface area (Å²) in [6, 6.07) is 0.696. The van der Waals surface area contributed by atoms with Crippen LogP contribution in [0.4, 0.5) is 0 Å². The van der Waals surface area contributed by atoms with Crippen LogP contribution in [0.5, 0.6) is 0 Å². The van der Waals surface area contributed by atoms with E-state index in [9.17, 15) is 4.79 Å². The van der Waals surface area contributed by atoms with Crippen LogP contribution >= 0.6 is 0 Å². The number of nitrogens with zero attached hydrogens (tertiary/aromatic N) is 2. The third-order valence-electron chi connectivity index (χ3n) is 3.28. The smallest absolute Gasteiger partial charge is 0.236 e. The van der Waals surface area contributed by atoms with Crippen molar-refractivity contribution in [3.63, 3.8) is 0 Å². The molecular formula is C11H21N3O. The number of likely N-dealkylation sites (N-methyl/N-ethyl adjacent to an activating group) is 1. The summed E-state index contributed by atoms with van der Waals surface area (Å²) in [5.41, 5.74) is 0. The molecule has 0 spiro atoms. The number of rotatable bonds is 4. The molecule has 0 radical (unpaired) electrons. The van der Waals surface area contributed by atoms with E-state index >= 15 is 0 Å². The van der Waals surface area contributed by atoms with Crippen LogP contribution in [0.15, 0.2) is 0 Å². The Labute approximate surface area is 91.6 Å². The minimum Gasteiger partial charge on any atom is -0.339 e. The van der Waals surface area contributed by atoms with Gasteiger partial charge in [0.1, 0.15) is 0 Å². The summed E-state index contributed by atoms with van der Waals surface area (Å²) in [4.78, 5) is 16.3. The monoisotopic (exact) mass is 211 g/mol. The Morgan fingerprint density at radius 1 is 1.40 bits per heavy atom. The maximum atomic E-state index is 12.0. The second-order valence-corrected chi connectivity index (χ2v) is 4.43. The fourth-order valence-corrected chi connectivity index (χ4v) is 2.13. The highest BCUT2D eigenvalue weighted by Gasteiger charge is 2.30. The van der Waals surface area contributed by atoms with Crippen molar-refractivity contribution >= 4 is 5.91 Å². The van der Waals surface area contributed by atoms with E-state index in [-0.39, 0.29) is 0 Å². The van der Waals surface area contributed by atoms with Gasteiger partial charge in [-0.05, 0) is 19.4 Å². The zero-order valence-corrected chi connectivity index (χ0v) is 9.54. The topological polar surface area (TPSA) is 35.6 Å². The molecule has 15 heavy (non-hydrogen) atoms. The van der Waals surface area contributed by atoms with Gasteiger partial charge in [-0.2, -0.15) is 0 Å². The Morgan fingerprint density at radius 3 is 2.60 bits per heavy atom. The Kier molecular flexibility index (Phi) is 3.59. The van der Waals surface area contributed by atoms with Crippen LogP contribution in [-0.2, 0) is 4.79 Å². The normalized spacial score (nSPS) is 22.1. The van der Waals surface area contributed by atoms with E-state index in [1.165, 1.54) is 12.8 Å². The first-order valence-electron chi connectivity index (χ1n) is 6.04. The van der Waals surface area contributed by atoms with E-state index < -0.39 is 0 Å². The lowest BCUT2D eigenvalue weighted by molar-refractivity contribution is -0.133. The molecule has 1 aliphatic heterocycles. The van der Waals surface area contributed by atoms with Crippen molar-refractivity contribution < 1.29 is 4.79 Å². The van der Waals surface area contributed by atoms with Crippen LogP contribution in [0.1, 0.15) is 19.8 Å². The van der Waals surface area contributed by atoms with Gasteiger partial charge >= 0.3 is 0 Å². The highest BCUT2D eigenvalue weighted by molar-refractivity contribution is 5.78. The van der Waals surface area contributed by atoms with E-state index in [4.69, 9.17) is 0 Å². The molecular weight excluding hydrogens is 190 g/mol. The average Bonchev–Trinajstić information content (AvgIpc) is 3.10. The lowest BCUT2D eigenvalue weighted by Gasteiger charge is -2.30. The van der Waals surface area contributed by atoms with Gasteiger partial charge in [-0.25, -0.2) is 0 Å². The van der Waals surface area contributed by atoms with Crippen molar-refractivity contribution in [1.29, 1.82) is 0 Å². The fraction of sp³-hybridized carbons (Fsp3) is 0.909. The SMILES string of the molecule is CCN(CC(=O)N1CCNCC1)C1CC1. The summed E-state index contributed by atoms with van der Waals surface area (Å²) >= 11 is 0. The molecule has 0 bridgehead atoms. The summed E-state index contributed by atoms with van der Waals surface area (Å²) in [7, 11) is 0. The Hall–Kier alpha value is -0.610. The quantitative estimate of drug-likeness (QED) is 0.705. The van der Waals surface area contributed by atoms with Gasteiger partial charge in [0.05, 0.1) is 6.54 Å². The van der Waals surface area contributed by atoms with Crippen LogP contribution in [-0.4, -0.2) is 61.0 Å². The number of amides is 1. The predicted octanol–water partition coefficient (Wildman–Crippen LogP) is -0.0975. The molecule has 4 nitrogen and oxygen atoms in total. The Bertz CT molecular complexity index is 222. The zero-order chi connectivity index (χ0) is 10.7. The first-order chi connectivity index (χ1) is 7.31. The first-order valence-corrected chi connectivity index (χ1v) is 6.04. The molecule has 0 atom stereocenters. The first kappa shape index (κ1) is 10.9. The molecule has 4 heteroatoms. The summed E-state index contributed by atoms with van der Waals surface area (Å²) in [6.45, 7) is 7.41. The summed E-state index contributed by atoms with van der Waals surface area (Å²) < 4.78 is 0. The molecule has 1 N–H and O–H groups in total. The summed E-state index contributed by atoms with van der Waals surface area (Å²) in [6.07, 6.45) is 2.56. The van der Waals surface area contributed by atoms with Crippen LogP contribution in [0.25, 0.3) is 0 Å². The van der Waals surface area contributed by atoms with Crippen molar-refractivity contribution in [1.82, 2.24) is 15.1 Å². The summed E-state index contributed by atoms with van der Waals surface area (Å²) in [5, 5.41) is 3.26. The van der Waals surface area contributed by atoms with Crippen molar-refractivity contribution in [2.75, 3.05) is 39.3 Å². The second kappa shape index (κ2) is 4.94. The number of carbonyl (C=O) groups is 1. The molecule has 0 aromatic heterocycles. The second-order valence-electron chi connectivity index (χ2n) is 4.43. The van der Waals surface area contributed by atoms with E-state index in [1.807, 2.05) is 4.90 Å². The molecule has 0 aromatic carbocycles. The third-order valence-corrected chi connectivity index (χ3v) is 3.28. The standard InChI is InChI=1S/C11H21N3O/c1-2-13(10-3-4-10)9-11(15)14-7-5-12-6-8-14/h10,12H,2-9H2,1H3. The highest BCUT2D eigenvalue weighted by atomic mass is 16.2. The fourth-order valence-electron chi connectivity index (χ4n) is 2.13. The highest BCUT2D eigenvalue weighted by Crippen LogP contribution is 2.26. The van der Waals surface area contributed by atoms with Crippen molar-refractivity contribution in [2.24, 2.45) is 0 Å². The predicted molar refractivity (Wildman–Crippen MR) is 59.7 cm³/mol. The van der Waals surface area contributed by atoms with Crippen LogP contribution < -0.4 is 5.32 Å². The molecule has 2 aliphatic rings. The zero-order valence-electron chi connectivity index (χ0n) is 9.54. The van der Waals surface area contributed by atoms with E-state index in [0.29, 0.717) is 18.5 Å². The van der Waals surface area contributed by atoms with Crippen molar-refractivity contribution in [2.45, 2.75) is 25.8 Å². The van der Waals surface area contributed by atoms with E-state index in [2.05, 4.69) is 17.1 Å². The molecule has 1 saturated carbocycles. The number of carbonyl (C=O) groups excluding carboxylic acids is 1. The maximum Gasteiger partial charge on any atom is 0.236 e. The van der Waals surface area contributed by atoms with Crippen LogP contribution in [0, 0.1) is 0 Å². The average molecular weight is 211 g/mol. The van der Waals surface area contributed by atoms with E-state index in [0.717, 1.165) is 32.7 Å². The van der Waals surface area contributed by atoms with Gasteiger partial charge in [-0.1, -0.05) is 6.92 Å². The van der Waals surface area contributed by atoms with Gasteiger partial charge in [0, 0.05) is 32.2 Å². The third kappa shape index (κ3) is 2.92.